The highest BCUT2D eigenvalue weighted by Crippen LogP contribution is 2.29. The van der Waals surface area contributed by atoms with Crippen molar-refractivity contribution >= 4 is 10.9 Å². The number of hydrogen-bond acceptors (Lipinski definition) is 2. The Morgan fingerprint density at radius 3 is 2.62 bits per heavy atom. The summed E-state index contributed by atoms with van der Waals surface area (Å²) in [7, 11) is 4.03. The minimum Gasteiger partial charge on any atom is -0.487 e. The van der Waals surface area contributed by atoms with Gasteiger partial charge in [-0.3, -0.25) is 0 Å². The summed E-state index contributed by atoms with van der Waals surface area (Å²) in [5.74, 6) is 0.932. The Kier molecular flexibility index (Phi) is 3.93. The minimum absolute atomic E-state index is 0.590. The molecule has 3 nitrogen and oxygen atoms in total. The van der Waals surface area contributed by atoms with Crippen LogP contribution >= 0.6 is 0 Å². The van der Waals surface area contributed by atoms with Crippen molar-refractivity contribution in [1.29, 1.82) is 0 Å². The minimum atomic E-state index is 0.590. The number of fused-ring (bicyclic) bond motifs is 1. The maximum Gasteiger partial charge on any atom is 0.144 e. The monoisotopic (exact) mass is 280 g/mol. The molecule has 0 atom stereocenters. The summed E-state index contributed by atoms with van der Waals surface area (Å²) in [6, 6.07) is 16.5. The van der Waals surface area contributed by atoms with Crippen LogP contribution in [0.15, 0.2) is 54.7 Å². The molecule has 0 fully saturated rings. The quantitative estimate of drug-likeness (QED) is 0.774. The van der Waals surface area contributed by atoms with Gasteiger partial charge in [-0.1, -0.05) is 42.5 Å². The van der Waals surface area contributed by atoms with E-state index in [-0.39, 0.29) is 0 Å². The fourth-order valence-electron chi connectivity index (χ4n) is 2.70. The van der Waals surface area contributed by atoms with Crippen molar-refractivity contribution in [3.8, 4) is 5.75 Å². The van der Waals surface area contributed by atoms with Gasteiger partial charge in [-0.2, -0.15) is 0 Å². The van der Waals surface area contributed by atoms with Crippen LogP contribution in [0.2, 0.25) is 0 Å². The molecule has 0 saturated carbocycles. The summed E-state index contributed by atoms with van der Waals surface area (Å²) >= 11 is 0. The van der Waals surface area contributed by atoms with E-state index in [2.05, 4.69) is 47.4 Å². The highest BCUT2D eigenvalue weighted by Gasteiger charge is 2.10. The maximum atomic E-state index is 6.04. The smallest absolute Gasteiger partial charge is 0.144 e. The van der Waals surface area contributed by atoms with Crippen LogP contribution in [0.1, 0.15) is 11.1 Å². The number of aryl methyl sites for hydroxylation is 1. The van der Waals surface area contributed by atoms with Gasteiger partial charge in [0.1, 0.15) is 12.4 Å². The van der Waals surface area contributed by atoms with E-state index in [1.54, 1.807) is 0 Å². The Hall–Kier alpha value is -2.26. The molecule has 0 aliphatic carbocycles. The molecule has 0 unspecified atom stereocenters. The third kappa shape index (κ3) is 2.78. The second kappa shape index (κ2) is 6.02. The van der Waals surface area contributed by atoms with Crippen LogP contribution in [0.25, 0.3) is 10.9 Å². The van der Waals surface area contributed by atoms with Crippen molar-refractivity contribution in [2.45, 2.75) is 13.2 Å². The van der Waals surface area contributed by atoms with Gasteiger partial charge in [0, 0.05) is 25.2 Å². The lowest BCUT2D eigenvalue weighted by molar-refractivity contribution is 0.309. The van der Waals surface area contributed by atoms with Gasteiger partial charge in [-0.05, 0) is 24.2 Å². The molecule has 1 heterocycles. The zero-order valence-corrected chi connectivity index (χ0v) is 12.5. The van der Waals surface area contributed by atoms with E-state index in [0.717, 1.165) is 17.8 Å². The zero-order valence-electron chi connectivity index (χ0n) is 12.5. The lowest BCUT2D eigenvalue weighted by Crippen LogP contribution is -2.04. The molecule has 0 amide bonds. The molecule has 1 aromatic heterocycles. The summed E-state index contributed by atoms with van der Waals surface area (Å²) in [6.07, 6.45) is 2.16. The molecule has 0 aliphatic heterocycles. The molecule has 0 spiro atoms. The van der Waals surface area contributed by atoms with Crippen molar-refractivity contribution in [1.82, 2.24) is 9.88 Å². The molecular weight excluding hydrogens is 260 g/mol. The van der Waals surface area contributed by atoms with Crippen LogP contribution in [0.4, 0.5) is 0 Å². The number of rotatable bonds is 5. The first-order chi connectivity index (χ1) is 10.3. The number of para-hydroxylation sites is 1. The van der Waals surface area contributed by atoms with Gasteiger partial charge in [-0.15, -0.1) is 0 Å². The van der Waals surface area contributed by atoms with E-state index in [9.17, 15) is 0 Å². The molecule has 0 radical (unpaired) electrons. The molecule has 0 saturated heterocycles. The summed E-state index contributed by atoms with van der Waals surface area (Å²) in [6.45, 7) is 1.45. The van der Waals surface area contributed by atoms with Gasteiger partial charge in [-0.25, -0.2) is 0 Å². The standard InChI is InChI=1S/C18H20N2O/c1-19-11-15-12-20(2)18-16(15)9-6-10-17(18)21-13-14-7-4-3-5-8-14/h3-10,12,19H,11,13H2,1-2H3. The van der Waals surface area contributed by atoms with Crippen LogP contribution in [0.3, 0.4) is 0 Å². The van der Waals surface area contributed by atoms with Gasteiger partial charge < -0.3 is 14.6 Å². The lowest BCUT2D eigenvalue weighted by atomic mass is 10.1. The molecule has 108 valence electrons. The van der Waals surface area contributed by atoms with Crippen LogP contribution in [-0.2, 0) is 20.2 Å². The molecule has 21 heavy (non-hydrogen) atoms. The second-order valence-corrected chi connectivity index (χ2v) is 5.22. The van der Waals surface area contributed by atoms with E-state index in [4.69, 9.17) is 4.74 Å². The van der Waals surface area contributed by atoms with Gasteiger partial charge in [0.2, 0.25) is 0 Å². The molecule has 3 heteroatoms. The fourth-order valence-corrected chi connectivity index (χ4v) is 2.70. The van der Waals surface area contributed by atoms with Gasteiger partial charge >= 0.3 is 0 Å². The average molecular weight is 280 g/mol. The van der Waals surface area contributed by atoms with Crippen molar-refractivity contribution in [3.63, 3.8) is 0 Å². The van der Waals surface area contributed by atoms with Crippen LogP contribution in [0.5, 0.6) is 5.75 Å². The zero-order chi connectivity index (χ0) is 14.7. The largest absolute Gasteiger partial charge is 0.487 e. The van der Waals surface area contributed by atoms with Crippen molar-refractivity contribution < 1.29 is 4.74 Å². The summed E-state index contributed by atoms with van der Waals surface area (Å²) in [5, 5.41) is 4.46. The van der Waals surface area contributed by atoms with Crippen LogP contribution < -0.4 is 10.1 Å². The van der Waals surface area contributed by atoms with Gasteiger partial charge in [0.05, 0.1) is 5.52 Å². The predicted molar refractivity (Wildman–Crippen MR) is 86.5 cm³/mol. The highest BCUT2D eigenvalue weighted by molar-refractivity contribution is 5.89. The molecule has 3 rings (SSSR count). The Bertz CT molecular complexity index is 732. The van der Waals surface area contributed by atoms with Gasteiger partial charge in [0.15, 0.2) is 0 Å². The summed E-state index contributed by atoms with van der Waals surface area (Å²) in [4.78, 5) is 0. The van der Waals surface area contributed by atoms with Gasteiger partial charge in [0.25, 0.3) is 0 Å². The topological polar surface area (TPSA) is 26.2 Å². The first-order valence-corrected chi connectivity index (χ1v) is 7.18. The second-order valence-electron chi connectivity index (χ2n) is 5.22. The molecule has 1 N–H and O–H groups in total. The van der Waals surface area contributed by atoms with Crippen molar-refractivity contribution in [3.05, 3.63) is 65.9 Å². The van der Waals surface area contributed by atoms with Crippen LogP contribution in [0, 0.1) is 0 Å². The Balaban J connectivity index is 1.92. The lowest BCUT2D eigenvalue weighted by Gasteiger charge is -2.09. The number of nitrogens with one attached hydrogen (secondary N) is 1. The van der Waals surface area contributed by atoms with E-state index >= 15 is 0 Å². The average Bonchev–Trinajstić information content (AvgIpc) is 2.84. The molecule has 0 aliphatic rings. The third-order valence-corrected chi connectivity index (χ3v) is 3.65. The number of benzene rings is 2. The highest BCUT2D eigenvalue weighted by atomic mass is 16.5. The molecule has 2 aromatic carbocycles. The normalized spacial score (nSPS) is 11.0. The number of hydrogen-bond donors (Lipinski definition) is 1. The number of nitrogens with zero attached hydrogens (tertiary/aromatic N) is 1. The maximum absolute atomic E-state index is 6.04. The van der Waals surface area contributed by atoms with Crippen molar-refractivity contribution in [2.75, 3.05) is 7.05 Å². The SMILES string of the molecule is CNCc1cn(C)c2c(OCc3ccccc3)cccc12. The van der Waals surface area contributed by atoms with E-state index < -0.39 is 0 Å². The number of aromatic nitrogens is 1. The Morgan fingerprint density at radius 2 is 1.86 bits per heavy atom. The molecule has 3 aromatic rings. The van der Waals surface area contributed by atoms with Crippen LogP contribution in [-0.4, -0.2) is 11.6 Å². The third-order valence-electron chi connectivity index (χ3n) is 3.65. The summed E-state index contributed by atoms with van der Waals surface area (Å²) < 4.78 is 8.18. The molecule has 0 bridgehead atoms. The first-order valence-electron chi connectivity index (χ1n) is 7.18. The van der Waals surface area contributed by atoms with Crippen molar-refractivity contribution in [2.24, 2.45) is 7.05 Å². The molecular formula is C18H20N2O. The summed E-state index contributed by atoms with van der Waals surface area (Å²) in [5.41, 5.74) is 3.62. The Morgan fingerprint density at radius 1 is 1.05 bits per heavy atom. The number of ether oxygens (including phenoxy) is 1. The first kappa shape index (κ1) is 13.7. The van der Waals surface area contributed by atoms with E-state index in [1.165, 1.54) is 16.5 Å². The predicted octanol–water partition coefficient (Wildman–Crippen LogP) is 3.48. The van der Waals surface area contributed by atoms with E-state index in [1.807, 2.05) is 31.3 Å². The van der Waals surface area contributed by atoms with E-state index in [0.29, 0.717) is 6.61 Å². The Labute approximate surface area is 125 Å². The fraction of sp³-hybridized carbons (Fsp3) is 0.222.